The van der Waals surface area contributed by atoms with E-state index in [0.29, 0.717) is 17.1 Å². The Morgan fingerprint density at radius 3 is 2.34 bits per heavy atom. The van der Waals surface area contributed by atoms with Gasteiger partial charge in [-0.15, -0.1) is 0 Å². The summed E-state index contributed by atoms with van der Waals surface area (Å²) in [6.07, 6.45) is -5.66. The van der Waals surface area contributed by atoms with Gasteiger partial charge in [0.25, 0.3) is 0 Å². The fourth-order valence-electron chi connectivity index (χ4n) is 4.40. The third kappa shape index (κ3) is 5.49. The van der Waals surface area contributed by atoms with Gasteiger partial charge in [0.15, 0.2) is 11.5 Å². The number of benzene rings is 2. The number of fused-ring (bicyclic) bond motifs is 1. The largest absolute Gasteiger partial charge is 0.493 e. The number of amides is 2. The third-order valence-corrected chi connectivity index (χ3v) is 6.98. The predicted molar refractivity (Wildman–Crippen MR) is 138 cm³/mol. The summed E-state index contributed by atoms with van der Waals surface area (Å²) >= 11 is 0. The monoisotopic (exact) mass is 577 g/mol. The number of rotatable bonds is 9. The van der Waals surface area contributed by atoms with Crippen molar-refractivity contribution in [2.24, 2.45) is 5.73 Å². The number of ether oxygens (including phenoxy) is 3. The number of halogens is 4. The number of pyridine rings is 1. The van der Waals surface area contributed by atoms with Crippen molar-refractivity contribution in [2.45, 2.75) is 30.5 Å². The van der Waals surface area contributed by atoms with Gasteiger partial charge in [0.05, 0.1) is 32.9 Å². The molecule has 0 saturated carbocycles. The van der Waals surface area contributed by atoms with Crippen LogP contribution in [0.5, 0.6) is 17.2 Å². The van der Waals surface area contributed by atoms with Gasteiger partial charge in [-0.05, 0) is 55.0 Å². The molecule has 2 heterocycles. The summed E-state index contributed by atoms with van der Waals surface area (Å²) in [4.78, 5) is 29.1. The van der Waals surface area contributed by atoms with Crippen LogP contribution in [0, 0.1) is 5.82 Å². The molecule has 1 aromatic heterocycles. The average Bonchev–Trinajstić information content (AvgIpc) is 3.28. The van der Waals surface area contributed by atoms with Crippen molar-refractivity contribution in [1.82, 2.24) is 10.3 Å². The van der Waals surface area contributed by atoms with Crippen LogP contribution in [0.4, 0.5) is 17.6 Å². The molecule has 1 aliphatic heterocycles. The first-order valence-corrected chi connectivity index (χ1v) is 12.2. The molecule has 4 rings (SSSR count). The van der Waals surface area contributed by atoms with Gasteiger partial charge in [0, 0.05) is 11.1 Å². The summed E-state index contributed by atoms with van der Waals surface area (Å²) in [5, 5.41) is 13.2. The van der Waals surface area contributed by atoms with Gasteiger partial charge in [-0.25, -0.2) is 9.37 Å². The van der Waals surface area contributed by atoms with Crippen LogP contribution in [-0.4, -0.2) is 55.5 Å². The molecule has 0 fully saturated rings. The quantitative estimate of drug-likeness (QED) is 0.333. The summed E-state index contributed by atoms with van der Waals surface area (Å²) in [5.74, 6) is -1.62. The highest BCUT2D eigenvalue weighted by atomic mass is 19.4. The second-order valence-corrected chi connectivity index (χ2v) is 9.73. The fourth-order valence-corrected chi connectivity index (χ4v) is 4.40. The summed E-state index contributed by atoms with van der Waals surface area (Å²) in [5.41, 5.74) is -0.202. The molecule has 9 nitrogen and oxygen atoms in total. The number of aliphatic hydroxyl groups is 1. The smallest absolute Gasteiger partial charge is 0.424 e. The number of carbonyl (C=O) groups is 2. The van der Waals surface area contributed by atoms with Crippen molar-refractivity contribution in [3.05, 3.63) is 71.2 Å². The Kier molecular flexibility index (Phi) is 7.85. The van der Waals surface area contributed by atoms with Crippen molar-refractivity contribution in [3.63, 3.8) is 0 Å². The highest BCUT2D eigenvalue weighted by molar-refractivity contribution is 5.90. The normalized spacial score (nSPS) is 17.7. The molecule has 0 unspecified atom stereocenters. The average molecular weight is 578 g/mol. The van der Waals surface area contributed by atoms with Crippen molar-refractivity contribution < 1.29 is 46.5 Å². The minimum absolute atomic E-state index is 0.0244. The van der Waals surface area contributed by atoms with E-state index < -0.39 is 47.1 Å². The first-order chi connectivity index (χ1) is 19.2. The molecule has 1 aliphatic rings. The van der Waals surface area contributed by atoms with Gasteiger partial charge < -0.3 is 30.4 Å². The minimum atomic E-state index is -5.33. The summed E-state index contributed by atoms with van der Waals surface area (Å²) in [6.45, 7) is -0.203. The van der Waals surface area contributed by atoms with E-state index in [4.69, 9.17) is 19.9 Å². The standard InChI is InChI=1S/C28H27F4N3O6/c1-26(25(33)37)14-41-24-18(26)12-21(35-23(24)16-5-7-17(29)8-6-16)27(38,28(30,31)32)13-34-22(36)11-15-4-9-19(39-2)20(10-15)40-3/h4-10,12,38H,11,13-14H2,1-3H3,(H2,33,37)(H,34,36)/t26-,27-/m0/s1. The lowest BCUT2D eigenvalue weighted by atomic mass is 9.81. The van der Waals surface area contributed by atoms with Gasteiger partial charge in [-0.2, -0.15) is 13.2 Å². The van der Waals surface area contributed by atoms with Crippen LogP contribution in [-0.2, 0) is 27.0 Å². The maximum absolute atomic E-state index is 14.5. The number of nitrogens with two attached hydrogens (primary N) is 1. The van der Waals surface area contributed by atoms with E-state index in [1.54, 1.807) is 6.07 Å². The Balaban J connectivity index is 1.73. The molecule has 0 aliphatic carbocycles. The summed E-state index contributed by atoms with van der Waals surface area (Å²) in [6, 6.07) is 10.1. The molecular weight excluding hydrogens is 550 g/mol. The number of nitrogens with zero attached hydrogens (tertiary/aromatic N) is 1. The van der Waals surface area contributed by atoms with Crippen molar-refractivity contribution in [3.8, 4) is 28.5 Å². The summed E-state index contributed by atoms with van der Waals surface area (Å²) < 4.78 is 73.0. The highest BCUT2D eigenvalue weighted by Crippen LogP contribution is 2.47. The molecule has 2 aromatic carbocycles. The van der Waals surface area contributed by atoms with E-state index in [0.717, 1.165) is 18.2 Å². The lowest BCUT2D eigenvalue weighted by Gasteiger charge is -2.31. The molecule has 0 bridgehead atoms. The molecule has 13 heteroatoms. The van der Waals surface area contributed by atoms with Gasteiger partial charge in [-0.3, -0.25) is 9.59 Å². The maximum atomic E-state index is 14.5. The number of hydrogen-bond donors (Lipinski definition) is 3. The zero-order chi connectivity index (χ0) is 30.2. The number of alkyl halides is 3. The van der Waals surface area contributed by atoms with Crippen LogP contribution in [0.3, 0.4) is 0 Å². The van der Waals surface area contributed by atoms with E-state index in [2.05, 4.69) is 10.3 Å². The minimum Gasteiger partial charge on any atom is -0.493 e. The Morgan fingerprint density at radius 2 is 1.76 bits per heavy atom. The molecule has 2 amide bonds. The van der Waals surface area contributed by atoms with Crippen LogP contribution in [0.15, 0.2) is 48.5 Å². The van der Waals surface area contributed by atoms with Crippen LogP contribution in [0.1, 0.15) is 23.7 Å². The number of hydrogen-bond acceptors (Lipinski definition) is 7. The number of nitrogens with one attached hydrogen (secondary N) is 1. The summed E-state index contributed by atoms with van der Waals surface area (Å²) in [7, 11) is 2.82. The molecule has 3 aromatic rings. The van der Waals surface area contributed by atoms with E-state index in [1.165, 1.54) is 45.4 Å². The number of methoxy groups -OCH3 is 2. The van der Waals surface area contributed by atoms with Crippen molar-refractivity contribution in [1.29, 1.82) is 0 Å². The maximum Gasteiger partial charge on any atom is 0.424 e. The van der Waals surface area contributed by atoms with Gasteiger partial charge in [0.2, 0.25) is 17.4 Å². The van der Waals surface area contributed by atoms with Crippen LogP contribution >= 0.6 is 0 Å². The molecular formula is C28H27F4N3O6. The van der Waals surface area contributed by atoms with Gasteiger partial charge in [0.1, 0.15) is 29.3 Å². The highest BCUT2D eigenvalue weighted by Gasteiger charge is 2.57. The molecule has 0 radical (unpaired) electrons. The fraction of sp³-hybridized carbons (Fsp3) is 0.321. The second-order valence-electron chi connectivity index (χ2n) is 9.73. The lowest BCUT2D eigenvalue weighted by Crippen LogP contribution is -2.52. The third-order valence-electron chi connectivity index (χ3n) is 6.98. The SMILES string of the molecule is COc1ccc(CC(=O)NC[C@](O)(c2cc3c(c(-c4ccc(F)cc4)n2)OC[C@]3(C)C(N)=O)C(F)(F)F)cc1OC. The van der Waals surface area contributed by atoms with E-state index in [1.807, 2.05) is 0 Å². The Hall–Kier alpha value is -4.39. The first kappa shape index (κ1) is 29.6. The number of primary amides is 1. The second kappa shape index (κ2) is 10.9. The van der Waals surface area contributed by atoms with Crippen molar-refractivity contribution in [2.75, 3.05) is 27.4 Å². The lowest BCUT2D eigenvalue weighted by molar-refractivity contribution is -0.265. The van der Waals surface area contributed by atoms with Crippen molar-refractivity contribution >= 4 is 11.8 Å². The Morgan fingerprint density at radius 1 is 1.10 bits per heavy atom. The Bertz CT molecular complexity index is 1480. The number of aromatic nitrogens is 1. The van der Waals surface area contributed by atoms with Crippen LogP contribution in [0.2, 0.25) is 0 Å². The molecule has 0 saturated heterocycles. The molecule has 4 N–H and O–H groups in total. The van der Waals surface area contributed by atoms with Gasteiger partial charge >= 0.3 is 6.18 Å². The molecule has 218 valence electrons. The number of carbonyl (C=O) groups excluding carboxylic acids is 2. The topological polar surface area (TPSA) is 133 Å². The molecule has 41 heavy (non-hydrogen) atoms. The zero-order valence-electron chi connectivity index (χ0n) is 22.3. The van der Waals surface area contributed by atoms with E-state index >= 15 is 0 Å². The predicted octanol–water partition coefficient (Wildman–Crippen LogP) is 3.15. The van der Waals surface area contributed by atoms with Gasteiger partial charge in [-0.1, -0.05) is 6.07 Å². The molecule has 2 atom stereocenters. The van der Waals surface area contributed by atoms with Crippen LogP contribution in [0.25, 0.3) is 11.3 Å². The first-order valence-electron chi connectivity index (χ1n) is 12.2. The van der Waals surface area contributed by atoms with E-state index in [9.17, 15) is 32.3 Å². The molecule has 0 spiro atoms. The van der Waals surface area contributed by atoms with E-state index in [-0.39, 0.29) is 35.6 Å². The zero-order valence-corrected chi connectivity index (χ0v) is 22.3. The van der Waals surface area contributed by atoms with Crippen LogP contribution < -0.4 is 25.3 Å². The Labute approximate surface area is 232 Å².